The Morgan fingerprint density at radius 1 is 1.19 bits per heavy atom. The van der Waals surface area contributed by atoms with Gasteiger partial charge in [0.15, 0.2) is 0 Å². The minimum absolute atomic E-state index is 0.229. The number of carbonyl (C=O) groups is 1. The van der Waals surface area contributed by atoms with Crippen LogP contribution in [0.1, 0.15) is 34.3 Å². The van der Waals surface area contributed by atoms with E-state index in [9.17, 15) is 18.0 Å². The lowest BCUT2D eigenvalue weighted by molar-refractivity contribution is -0.137. The van der Waals surface area contributed by atoms with Crippen LogP contribution in [0.3, 0.4) is 0 Å². The number of pyridine rings is 1. The Morgan fingerprint density at radius 3 is 2.44 bits per heavy atom. The molecular formula is C20H21F3N2O2. The van der Waals surface area contributed by atoms with Crippen molar-refractivity contribution in [3.8, 4) is 5.75 Å². The van der Waals surface area contributed by atoms with Gasteiger partial charge < -0.3 is 9.64 Å². The summed E-state index contributed by atoms with van der Waals surface area (Å²) in [6, 6.07) is 6.22. The molecule has 1 amide bonds. The molecule has 0 unspecified atom stereocenters. The highest BCUT2D eigenvalue weighted by atomic mass is 19.4. The van der Waals surface area contributed by atoms with Crippen molar-refractivity contribution in [1.29, 1.82) is 0 Å². The fraction of sp³-hybridized carbons (Fsp3) is 0.400. The molecule has 1 fully saturated rings. The third kappa shape index (κ3) is 4.78. The topological polar surface area (TPSA) is 42.4 Å². The molecule has 2 aromatic rings. The monoisotopic (exact) mass is 378 g/mol. The van der Waals surface area contributed by atoms with Crippen LogP contribution in [0.5, 0.6) is 5.75 Å². The third-order valence-electron chi connectivity index (χ3n) is 4.80. The third-order valence-corrected chi connectivity index (χ3v) is 4.80. The van der Waals surface area contributed by atoms with Crippen molar-refractivity contribution in [3.05, 3.63) is 59.4 Å². The maximum Gasteiger partial charge on any atom is 0.416 e. The van der Waals surface area contributed by atoms with Gasteiger partial charge in [-0.1, -0.05) is 0 Å². The van der Waals surface area contributed by atoms with E-state index in [0.29, 0.717) is 25.6 Å². The van der Waals surface area contributed by atoms with E-state index in [4.69, 9.17) is 4.74 Å². The minimum atomic E-state index is -4.40. The number of alkyl halides is 3. The van der Waals surface area contributed by atoms with E-state index in [1.807, 2.05) is 13.0 Å². The van der Waals surface area contributed by atoms with Crippen molar-refractivity contribution in [2.75, 3.05) is 19.7 Å². The maximum atomic E-state index is 12.6. The first-order valence-corrected chi connectivity index (χ1v) is 8.84. The lowest BCUT2D eigenvalue weighted by atomic mass is 9.97. The molecule has 27 heavy (non-hydrogen) atoms. The van der Waals surface area contributed by atoms with Crippen LogP contribution < -0.4 is 4.74 Å². The molecular weight excluding hydrogens is 357 g/mol. The summed E-state index contributed by atoms with van der Waals surface area (Å²) >= 11 is 0. The second-order valence-electron chi connectivity index (χ2n) is 6.76. The number of hydrogen-bond donors (Lipinski definition) is 0. The summed E-state index contributed by atoms with van der Waals surface area (Å²) in [7, 11) is 0. The molecule has 144 valence electrons. The summed E-state index contributed by atoms with van der Waals surface area (Å²) < 4.78 is 43.7. The van der Waals surface area contributed by atoms with Crippen LogP contribution in [0, 0.1) is 12.8 Å². The Balaban J connectivity index is 1.51. The number of ether oxygens (including phenoxy) is 1. The minimum Gasteiger partial charge on any atom is -0.493 e. The van der Waals surface area contributed by atoms with Gasteiger partial charge in [0.05, 0.1) is 12.2 Å². The summed E-state index contributed by atoms with van der Waals surface area (Å²) in [5, 5.41) is 0. The second-order valence-corrected chi connectivity index (χ2v) is 6.76. The van der Waals surface area contributed by atoms with E-state index in [1.54, 1.807) is 17.3 Å². The number of aromatic nitrogens is 1. The quantitative estimate of drug-likeness (QED) is 0.795. The molecule has 3 rings (SSSR count). The molecule has 7 heteroatoms. The highest BCUT2D eigenvalue weighted by Crippen LogP contribution is 2.29. The van der Waals surface area contributed by atoms with Crippen LogP contribution in [-0.2, 0) is 6.18 Å². The number of nitrogens with zero attached hydrogens (tertiary/aromatic N) is 2. The van der Waals surface area contributed by atoms with Crippen LogP contribution >= 0.6 is 0 Å². The van der Waals surface area contributed by atoms with Crippen LogP contribution in [-0.4, -0.2) is 35.5 Å². The summed E-state index contributed by atoms with van der Waals surface area (Å²) in [4.78, 5) is 18.2. The lowest BCUT2D eigenvalue weighted by Gasteiger charge is -2.32. The van der Waals surface area contributed by atoms with Gasteiger partial charge >= 0.3 is 6.18 Å². The molecule has 0 bridgehead atoms. The Kier molecular flexibility index (Phi) is 5.68. The molecule has 1 aromatic carbocycles. The molecule has 0 atom stereocenters. The predicted octanol–water partition coefficient (Wildman–Crippen LogP) is 4.34. The fourth-order valence-electron chi connectivity index (χ4n) is 3.12. The maximum absolute atomic E-state index is 12.6. The van der Waals surface area contributed by atoms with Crippen LogP contribution in [0.2, 0.25) is 0 Å². The Labute approximate surface area is 156 Å². The molecule has 0 N–H and O–H groups in total. The summed E-state index contributed by atoms with van der Waals surface area (Å²) in [6.07, 6.45) is 0.647. The largest absolute Gasteiger partial charge is 0.493 e. The molecule has 2 heterocycles. The smallest absolute Gasteiger partial charge is 0.416 e. The lowest BCUT2D eigenvalue weighted by Crippen LogP contribution is -2.39. The number of rotatable bonds is 4. The van der Waals surface area contributed by atoms with Crippen molar-refractivity contribution < 1.29 is 22.7 Å². The first-order valence-electron chi connectivity index (χ1n) is 8.84. The van der Waals surface area contributed by atoms with E-state index >= 15 is 0 Å². The number of hydrogen-bond acceptors (Lipinski definition) is 3. The van der Waals surface area contributed by atoms with Crippen molar-refractivity contribution >= 4 is 5.91 Å². The van der Waals surface area contributed by atoms with E-state index in [1.165, 1.54) is 12.1 Å². The summed E-state index contributed by atoms with van der Waals surface area (Å²) in [5.41, 5.74) is 0.513. The van der Waals surface area contributed by atoms with E-state index in [0.717, 1.165) is 36.3 Å². The molecule has 1 aliphatic rings. The average molecular weight is 378 g/mol. The zero-order valence-corrected chi connectivity index (χ0v) is 15.0. The zero-order chi connectivity index (χ0) is 19.4. The number of piperidine rings is 1. The van der Waals surface area contributed by atoms with Crippen molar-refractivity contribution in [1.82, 2.24) is 9.88 Å². The van der Waals surface area contributed by atoms with Crippen molar-refractivity contribution in [2.24, 2.45) is 5.92 Å². The molecule has 1 aromatic heterocycles. The Morgan fingerprint density at radius 2 is 1.85 bits per heavy atom. The van der Waals surface area contributed by atoms with Crippen LogP contribution in [0.15, 0.2) is 42.7 Å². The predicted molar refractivity (Wildman–Crippen MR) is 94.5 cm³/mol. The fourth-order valence-corrected chi connectivity index (χ4v) is 3.12. The Bertz CT molecular complexity index is 783. The molecule has 0 radical (unpaired) electrons. The van der Waals surface area contributed by atoms with Gasteiger partial charge in [-0.15, -0.1) is 0 Å². The molecule has 0 spiro atoms. The van der Waals surface area contributed by atoms with Gasteiger partial charge in [-0.2, -0.15) is 13.2 Å². The number of aryl methyl sites for hydroxylation is 1. The van der Waals surface area contributed by atoms with E-state index < -0.39 is 11.7 Å². The number of benzene rings is 1. The molecule has 0 aliphatic carbocycles. The normalized spacial score (nSPS) is 15.6. The van der Waals surface area contributed by atoms with Gasteiger partial charge in [-0.25, -0.2) is 0 Å². The first kappa shape index (κ1) is 19.2. The highest BCUT2D eigenvalue weighted by molar-refractivity contribution is 5.94. The number of halogens is 3. The zero-order valence-electron chi connectivity index (χ0n) is 15.0. The van der Waals surface area contributed by atoms with Gasteiger partial charge in [0, 0.05) is 36.6 Å². The number of likely N-dealkylation sites (tertiary alicyclic amines) is 1. The van der Waals surface area contributed by atoms with E-state index in [2.05, 4.69) is 4.98 Å². The number of amides is 1. The van der Waals surface area contributed by atoms with Crippen LogP contribution in [0.25, 0.3) is 0 Å². The molecule has 1 aliphatic heterocycles. The van der Waals surface area contributed by atoms with Crippen molar-refractivity contribution in [3.63, 3.8) is 0 Å². The van der Waals surface area contributed by atoms with Gasteiger partial charge in [0.2, 0.25) is 0 Å². The molecule has 4 nitrogen and oxygen atoms in total. The standard InChI is InChI=1S/C20H21F3N2O2/c1-14-12-24-9-6-18(14)27-13-15-7-10-25(11-8-15)19(26)16-2-4-17(5-3-16)20(21,22)23/h2-6,9,12,15H,7-8,10-11,13H2,1H3. The highest BCUT2D eigenvalue weighted by Gasteiger charge is 2.31. The summed E-state index contributed by atoms with van der Waals surface area (Å²) in [5.74, 6) is 0.926. The molecule has 1 saturated heterocycles. The Hall–Kier alpha value is -2.57. The summed E-state index contributed by atoms with van der Waals surface area (Å²) in [6.45, 7) is 3.66. The number of carbonyl (C=O) groups excluding carboxylic acids is 1. The van der Waals surface area contributed by atoms with Gasteiger partial charge in [0.1, 0.15) is 5.75 Å². The van der Waals surface area contributed by atoms with Gasteiger partial charge in [0.25, 0.3) is 5.91 Å². The molecule has 0 saturated carbocycles. The van der Waals surface area contributed by atoms with E-state index in [-0.39, 0.29) is 11.5 Å². The van der Waals surface area contributed by atoms with Gasteiger partial charge in [-0.05, 0) is 56.0 Å². The second kappa shape index (κ2) is 7.98. The van der Waals surface area contributed by atoms with Crippen molar-refractivity contribution in [2.45, 2.75) is 25.9 Å². The first-order chi connectivity index (χ1) is 12.8. The SMILES string of the molecule is Cc1cnccc1OCC1CCN(C(=O)c2ccc(C(F)(F)F)cc2)CC1. The van der Waals surface area contributed by atoms with Gasteiger partial charge in [-0.3, -0.25) is 9.78 Å². The average Bonchev–Trinajstić information content (AvgIpc) is 2.67. The van der Waals surface area contributed by atoms with Crippen LogP contribution in [0.4, 0.5) is 13.2 Å².